The van der Waals surface area contributed by atoms with Gasteiger partial charge in [-0.25, -0.2) is 9.97 Å². The maximum absolute atomic E-state index is 12.5. The molecule has 0 unspecified atom stereocenters. The molecule has 2 heterocycles. The van der Waals surface area contributed by atoms with Crippen LogP contribution in [0.1, 0.15) is 30.3 Å². The van der Waals surface area contributed by atoms with Crippen LogP contribution in [0.25, 0.3) is 0 Å². The van der Waals surface area contributed by atoms with Crippen molar-refractivity contribution in [1.82, 2.24) is 9.97 Å². The first-order valence-corrected chi connectivity index (χ1v) is 8.62. The average molecular weight is 365 g/mol. The van der Waals surface area contributed by atoms with Crippen LogP contribution in [0.3, 0.4) is 0 Å². The van der Waals surface area contributed by atoms with Gasteiger partial charge in [-0.3, -0.25) is 4.79 Å². The number of carbonyl (C=O) groups excluding carboxylic acids is 1. The fourth-order valence-corrected chi connectivity index (χ4v) is 3.17. The van der Waals surface area contributed by atoms with Crippen LogP contribution in [-0.2, 0) is 0 Å². The van der Waals surface area contributed by atoms with Gasteiger partial charge in [-0.05, 0) is 30.9 Å². The molecular weight excluding hydrogens is 347 g/mol. The van der Waals surface area contributed by atoms with E-state index in [9.17, 15) is 4.79 Å². The van der Waals surface area contributed by atoms with Crippen LogP contribution in [0, 0.1) is 5.92 Å². The Morgan fingerprint density at radius 1 is 1.21 bits per heavy atom. The van der Waals surface area contributed by atoms with Crippen molar-refractivity contribution in [1.29, 1.82) is 0 Å². The molecule has 2 aromatic rings. The Hall–Kier alpha value is -1.85. The van der Waals surface area contributed by atoms with Crippen molar-refractivity contribution in [3.63, 3.8) is 0 Å². The number of nitrogens with zero attached hydrogens (tertiary/aromatic N) is 3. The summed E-state index contributed by atoms with van der Waals surface area (Å²) < 4.78 is 0. The van der Waals surface area contributed by atoms with E-state index in [0.717, 1.165) is 37.7 Å². The van der Waals surface area contributed by atoms with E-state index in [1.54, 1.807) is 24.3 Å². The highest BCUT2D eigenvalue weighted by Crippen LogP contribution is 2.30. The van der Waals surface area contributed by atoms with E-state index >= 15 is 0 Å². The monoisotopic (exact) mass is 364 g/mol. The zero-order chi connectivity index (χ0) is 17.1. The summed E-state index contributed by atoms with van der Waals surface area (Å²) in [6.45, 7) is 4.13. The number of hydrogen-bond acceptors (Lipinski definition) is 4. The molecule has 1 saturated heterocycles. The third kappa shape index (κ3) is 3.79. The van der Waals surface area contributed by atoms with Crippen molar-refractivity contribution in [3.8, 4) is 0 Å². The van der Waals surface area contributed by atoms with Gasteiger partial charge in [-0.15, -0.1) is 0 Å². The first-order chi connectivity index (χ1) is 11.5. The summed E-state index contributed by atoms with van der Waals surface area (Å²) in [7, 11) is 0. The summed E-state index contributed by atoms with van der Waals surface area (Å²) >= 11 is 12.2. The van der Waals surface area contributed by atoms with Crippen LogP contribution in [0.5, 0.6) is 0 Å². The van der Waals surface area contributed by atoms with Crippen molar-refractivity contribution in [2.75, 3.05) is 23.3 Å². The van der Waals surface area contributed by atoms with E-state index in [2.05, 4.69) is 27.1 Å². The van der Waals surface area contributed by atoms with Gasteiger partial charge in [0.1, 0.15) is 17.8 Å². The quantitative estimate of drug-likeness (QED) is 0.883. The van der Waals surface area contributed by atoms with Gasteiger partial charge in [0, 0.05) is 19.2 Å². The highest BCUT2D eigenvalue weighted by Gasteiger charge is 2.19. The second-order valence-corrected chi connectivity index (χ2v) is 6.80. The average Bonchev–Trinajstić information content (AvgIpc) is 2.59. The number of rotatable bonds is 3. The lowest BCUT2D eigenvalue weighted by molar-refractivity contribution is 0.102. The Morgan fingerprint density at radius 2 is 1.88 bits per heavy atom. The lowest BCUT2D eigenvalue weighted by Crippen LogP contribution is -2.33. The number of nitrogens with one attached hydrogen (secondary N) is 1. The van der Waals surface area contributed by atoms with Gasteiger partial charge in [-0.1, -0.05) is 36.2 Å². The van der Waals surface area contributed by atoms with E-state index < -0.39 is 0 Å². The van der Waals surface area contributed by atoms with Crippen molar-refractivity contribution in [2.45, 2.75) is 19.8 Å². The fourth-order valence-electron chi connectivity index (χ4n) is 2.68. The van der Waals surface area contributed by atoms with E-state index in [1.165, 1.54) is 6.33 Å². The lowest BCUT2D eigenvalue weighted by atomic mass is 9.99. The van der Waals surface area contributed by atoms with Crippen LogP contribution in [0.15, 0.2) is 30.6 Å². The second-order valence-electron chi connectivity index (χ2n) is 5.98. The predicted molar refractivity (Wildman–Crippen MR) is 97.1 cm³/mol. The van der Waals surface area contributed by atoms with Crippen molar-refractivity contribution < 1.29 is 4.79 Å². The Balaban J connectivity index is 1.77. The molecule has 24 heavy (non-hydrogen) atoms. The molecule has 126 valence electrons. The first-order valence-electron chi connectivity index (χ1n) is 7.87. The molecule has 1 aromatic carbocycles. The van der Waals surface area contributed by atoms with E-state index in [-0.39, 0.29) is 11.6 Å². The smallest absolute Gasteiger partial charge is 0.274 e. The zero-order valence-corrected chi connectivity index (χ0v) is 14.8. The summed E-state index contributed by atoms with van der Waals surface area (Å²) in [5.41, 5.74) is 0.674. The molecule has 0 atom stereocenters. The predicted octanol–water partition coefficient (Wildman–Crippen LogP) is 4.27. The maximum Gasteiger partial charge on any atom is 0.274 e. The van der Waals surface area contributed by atoms with Crippen molar-refractivity contribution in [3.05, 3.63) is 46.3 Å². The number of aromatic nitrogens is 2. The highest BCUT2D eigenvalue weighted by atomic mass is 35.5. The molecular formula is C17H18Cl2N4O. The molecule has 1 aromatic heterocycles. The summed E-state index contributed by atoms with van der Waals surface area (Å²) in [6.07, 6.45) is 3.66. The summed E-state index contributed by atoms with van der Waals surface area (Å²) in [5, 5.41) is 3.49. The maximum atomic E-state index is 12.5. The van der Waals surface area contributed by atoms with Gasteiger partial charge >= 0.3 is 0 Å². The summed E-state index contributed by atoms with van der Waals surface area (Å²) in [6, 6.07) is 6.77. The van der Waals surface area contributed by atoms with Gasteiger partial charge < -0.3 is 10.2 Å². The Kier molecular flexibility index (Phi) is 5.21. The Morgan fingerprint density at radius 3 is 2.54 bits per heavy atom. The first kappa shape index (κ1) is 17.0. The lowest BCUT2D eigenvalue weighted by Gasteiger charge is -2.31. The Bertz CT molecular complexity index is 725. The number of para-hydroxylation sites is 1. The number of hydrogen-bond donors (Lipinski definition) is 1. The second kappa shape index (κ2) is 7.36. The standard InChI is InChI=1S/C17H18Cl2N4O/c1-11-5-7-23(8-6-11)15-9-14(20-10-21-15)17(24)22-16-12(18)3-2-4-13(16)19/h2-4,9-11H,5-8H2,1H3,(H,22,24). The number of piperidine rings is 1. The zero-order valence-electron chi connectivity index (χ0n) is 13.3. The van der Waals surface area contributed by atoms with Gasteiger partial charge in [0.15, 0.2) is 0 Å². The van der Waals surface area contributed by atoms with Crippen LogP contribution in [0.2, 0.25) is 10.0 Å². The summed E-state index contributed by atoms with van der Waals surface area (Å²) in [5.74, 6) is 1.14. The third-order valence-electron chi connectivity index (χ3n) is 4.19. The molecule has 0 bridgehead atoms. The van der Waals surface area contributed by atoms with E-state index in [1.807, 2.05) is 0 Å². The highest BCUT2D eigenvalue weighted by molar-refractivity contribution is 6.40. The van der Waals surface area contributed by atoms with Gasteiger partial charge in [-0.2, -0.15) is 0 Å². The molecule has 0 radical (unpaired) electrons. The number of halogens is 2. The third-order valence-corrected chi connectivity index (χ3v) is 4.82. The SMILES string of the molecule is CC1CCN(c2cc(C(=O)Nc3c(Cl)cccc3Cl)ncn2)CC1. The number of carbonyl (C=O) groups is 1. The van der Waals surface area contributed by atoms with Crippen LogP contribution in [-0.4, -0.2) is 29.0 Å². The topological polar surface area (TPSA) is 58.1 Å². The minimum absolute atomic E-state index is 0.287. The molecule has 1 aliphatic heterocycles. The molecule has 0 spiro atoms. The van der Waals surface area contributed by atoms with Gasteiger partial charge in [0.2, 0.25) is 0 Å². The van der Waals surface area contributed by atoms with Crippen LogP contribution >= 0.6 is 23.2 Å². The van der Waals surface area contributed by atoms with Gasteiger partial charge in [0.05, 0.1) is 15.7 Å². The minimum atomic E-state index is -0.362. The summed E-state index contributed by atoms with van der Waals surface area (Å²) in [4.78, 5) is 23.0. The van der Waals surface area contributed by atoms with Crippen molar-refractivity contribution in [2.24, 2.45) is 5.92 Å². The van der Waals surface area contributed by atoms with Gasteiger partial charge in [0.25, 0.3) is 5.91 Å². The molecule has 1 aliphatic rings. The largest absolute Gasteiger partial charge is 0.356 e. The molecule has 5 nitrogen and oxygen atoms in total. The van der Waals surface area contributed by atoms with E-state index in [0.29, 0.717) is 15.7 Å². The fraction of sp³-hybridized carbons (Fsp3) is 0.353. The Labute approximate surface area is 151 Å². The molecule has 1 amide bonds. The van der Waals surface area contributed by atoms with Crippen LogP contribution < -0.4 is 10.2 Å². The molecule has 3 rings (SSSR count). The van der Waals surface area contributed by atoms with E-state index in [4.69, 9.17) is 23.2 Å². The van der Waals surface area contributed by atoms with Crippen molar-refractivity contribution >= 4 is 40.6 Å². The molecule has 0 aliphatic carbocycles. The number of benzene rings is 1. The molecule has 0 saturated carbocycles. The number of amides is 1. The molecule has 7 heteroatoms. The molecule has 1 N–H and O–H groups in total. The molecule has 1 fully saturated rings. The minimum Gasteiger partial charge on any atom is -0.356 e. The normalized spacial score (nSPS) is 15.4. The van der Waals surface area contributed by atoms with Crippen LogP contribution in [0.4, 0.5) is 11.5 Å². The number of anilines is 2.